The number of fused-ring (bicyclic) bond motifs is 1. The van der Waals surface area contributed by atoms with Crippen molar-refractivity contribution in [1.82, 2.24) is 9.88 Å². The van der Waals surface area contributed by atoms with E-state index in [0.29, 0.717) is 27.6 Å². The molecule has 0 bridgehead atoms. The third-order valence-corrected chi connectivity index (χ3v) is 9.22. The van der Waals surface area contributed by atoms with Crippen LogP contribution in [0.3, 0.4) is 0 Å². The van der Waals surface area contributed by atoms with Gasteiger partial charge in [0.2, 0.25) is 0 Å². The average molecular weight is 538 g/mol. The van der Waals surface area contributed by atoms with E-state index in [1.807, 2.05) is 13.0 Å². The molecule has 2 N–H and O–H groups in total. The molecular formula is C26H31Cl2FN4OS. The standard InChI is InChI=1S/C26H31Cl2FN4OS/c1-15(14-34)32-9-3-4-17(11-32)18-12-33(13-18)26-31-23-8-7-22(29)24(25(23)35-26)30-16(2)20-6-5-19(27)10-21(20)28/h5-8,10,15-18,30,34H,3-4,9,11-14H2,1-2H3/t15-,16+,17-/m0/s1. The van der Waals surface area contributed by atoms with E-state index >= 15 is 0 Å². The minimum atomic E-state index is -0.300. The van der Waals surface area contributed by atoms with Crippen LogP contribution in [0, 0.1) is 17.7 Å². The van der Waals surface area contributed by atoms with Gasteiger partial charge in [0.15, 0.2) is 5.13 Å². The Morgan fingerprint density at radius 3 is 2.71 bits per heavy atom. The second-order valence-electron chi connectivity index (χ2n) is 9.89. The number of benzene rings is 2. The Balaban J connectivity index is 1.30. The summed E-state index contributed by atoms with van der Waals surface area (Å²) >= 11 is 14.0. The highest BCUT2D eigenvalue weighted by Crippen LogP contribution is 2.41. The quantitative estimate of drug-likeness (QED) is 0.363. The number of nitrogens with zero attached hydrogens (tertiary/aromatic N) is 3. The Bertz CT molecular complexity index is 1200. The van der Waals surface area contributed by atoms with Gasteiger partial charge in [0.25, 0.3) is 0 Å². The molecule has 0 unspecified atom stereocenters. The number of aliphatic hydroxyl groups is 1. The maximum absolute atomic E-state index is 14.9. The molecule has 5 rings (SSSR count). The third-order valence-electron chi connectivity index (χ3n) is 7.51. The number of aromatic nitrogens is 1. The van der Waals surface area contributed by atoms with E-state index in [0.717, 1.165) is 47.1 Å². The molecule has 0 spiro atoms. The van der Waals surface area contributed by atoms with Crippen molar-refractivity contribution in [2.24, 2.45) is 11.8 Å². The summed E-state index contributed by atoms with van der Waals surface area (Å²) in [6.45, 7) is 8.37. The molecule has 1 aromatic heterocycles. The topological polar surface area (TPSA) is 51.6 Å². The molecule has 0 aliphatic carbocycles. The molecule has 188 valence electrons. The normalized spacial score (nSPS) is 21.2. The first-order chi connectivity index (χ1) is 16.8. The van der Waals surface area contributed by atoms with Crippen LogP contribution in [-0.2, 0) is 0 Å². The van der Waals surface area contributed by atoms with E-state index in [-0.39, 0.29) is 24.5 Å². The summed E-state index contributed by atoms with van der Waals surface area (Å²) in [5, 5.41) is 14.9. The van der Waals surface area contributed by atoms with Gasteiger partial charge in [-0.3, -0.25) is 4.90 Å². The average Bonchev–Trinajstić information content (AvgIpc) is 3.23. The summed E-state index contributed by atoms with van der Waals surface area (Å²) in [5.74, 6) is 0.992. The van der Waals surface area contributed by atoms with Gasteiger partial charge >= 0.3 is 0 Å². The monoisotopic (exact) mass is 536 g/mol. The van der Waals surface area contributed by atoms with Crippen LogP contribution in [0.1, 0.15) is 38.3 Å². The summed E-state index contributed by atoms with van der Waals surface area (Å²) in [5.41, 5.74) is 2.12. The molecule has 35 heavy (non-hydrogen) atoms. The number of nitrogens with one attached hydrogen (secondary N) is 1. The van der Waals surface area contributed by atoms with Crippen LogP contribution < -0.4 is 10.2 Å². The second-order valence-corrected chi connectivity index (χ2v) is 11.7. The molecular weight excluding hydrogens is 506 g/mol. The van der Waals surface area contributed by atoms with Gasteiger partial charge in [-0.15, -0.1) is 0 Å². The fourth-order valence-corrected chi connectivity index (χ4v) is 6.93. The van der Waals surface area contributed by atoms with E-state index in [1.54, 1.807) is 18.2 Å². The lowest BCUT2D eigenvalue weighted by Crippen LogP contribution is -2.54. The number of anilines is 2. The highest BCUT2D eigenvalue weighted by Gasteiger charge is 2.37. The molecule has 3 aromatic rings. The Morgan fingerprint density at radius 1 is 1.17 bits per heavy atom. The van der Waals surface area contributed by atoms with Gasteiger partial charge in [0.1, 0.15) is 5.82 Å². The van der Waals surface area contributed by atoms with Crippen molar-refractivity contribution in [2.75, 3.05) is 43.0 Å². The first kappa shape index (κ1) is 25.0. The number of hydrogen-bond donors (Lipinski definition) is 2. The minimum absolute atomic E-state index is 0.200. The fraction of sp³-hybridized carbons (Fsp3) is 0.500. The molecule has 2 saturated heterocycles. The van der Waals surface area contributed by atoms with Crippen molar-refractivity contribution in [1.29, 1.82) is 0 Å². The zero-order valence-electron chi connectivity index (χ0n) is 20.0. The Kier molecular flexibility index (Phi) is 7.43. The van der Waals surface area contributed by atoms with Crippen molar-refractivity contribution in [3.63, 3.8) is 0 Å². The second kappa shape index (κ2) is 10.4. The zero-order chi connectivity index (χ0) is 24.7. The maximum atomic E-state index is 14.9. The number of piperidine rings is 1. The van der Waals surface area contributed by atoms with Crippen molar-refractivity contribution >= 4 is 55.6 Å². The smallest absolute Gasteiger partial charge is 0.186 e. The predicted octanol–water partition coefficient (Wildman–Crippen LogP) is 6.44. The van der Waals surface area contributed by atoms with Crippen molar-refractivity contribution in [2.45, 2.75) is 38.8 Å². The first-order valence-corrected chi connectivity index (χ1v) is 13.8. The van der Waals surface area contributed by atoms with E-state index < -0.39 is 0 Å². The summed E-state index contributed by atoms with van der Waals surface area (Å²) in [6, 6.07) is 8.61. The summed E-state index contributed by atoms with van der Waals surface area (Å²) in [7, 11) is 0. The number of aliphatic hydroxyl groups excluding tert-OH is 1. The molecule has 2 fully saturated rings. The molecule has 9 heteroatoms. The summed E-state index contributed by atoms with van der Waals surface area (Å²) in [6.07, 6.45) is 2.44. The predicted molar refractivity (Wildman–Crippen MR) is 145 cm³/mol. The molecule has 2 aliphatic rings. The van der Waals surface area contributed by atoms with Crippen LogP contribution in [0.25, 0.3) is 10.2 Å². The number of likely N-dealkylation sites (tertiary alicyclic amines) is 1. The van der Waals surface area contributed by atoms with Crippen LogP contribution in [0.15, 0.2) is 30.3 Å². The van der Waals surface area contributed by atoms with Gasteiger partial charge in [-0.25, -0.2) is 9.37 Å². The zero-order valence-corrected chi connectivity index (χ0v) is 22.3. The Labute approximate surface area is 219 Å². The van der Waals surface area contributed by atoms with Crippen LogP contribution >= 0.6 is 34.5 Å². The molecule has 3 heterocycles. The van der Waals surface area contributed by atoms with Crippen LogP contribution in [0.4, 0.5) is 15.2 Å². The number of halogens is 3. The first-order valence-electron chi connectivity index (χ1n) is 12.2. The largest absolute Gasteiger partial charge is 0.395 e. The molecule has 0 amide bonds. The van der Waals surface area contributed by atoms with E-state index in [2.05, 4.69) is 22.0 Å². The van der Waals surface area contributed by atoms with Crippen molar-refractivity contribution in [3.05, 3.63) is 51.8 Å². The number of hydrogen-bond acceptors (Lipinski definition) is 6. The third kappa shape index (κ3) is 5.12. The molecule has 0 saturated carbocycles. The van der Waals surface area contributed by atoms with Gasteiger partial charge in [-0.1, -0.05) is 40.6 Å². The lowest BCUT2D eigenvalue weighted by Gasteiger charge is -2.47. The summed E-state index contributed by atoms with van der Waals surface area (Å²) in [4.78, 5) is 9.56. The molecule has 2 aliphatic heterocycles. The maximum Gasteiger partial charge on any atom is 0.186 e. The molecule has 5 nitrogen and oxygen atoms in total. The van der Waals surface area contributed by atoms with Crippen molar-refractivity contribution < 1.29 is 9.50 Å². The van der Waals surface area contributed by atoms with Crippen LogP contribution in [0.2, 0.25) is 10.0 Å². The van der Waals surface area contributed by atoms with E-state index in [9.17, 15) is 9.50 Å². The van der Waals surface area contributed by atoms with Gasteiger partial charge in [0.05, 0.1) is 28.6 Å². The van der Waals surface area contributed by atoms with Crippen molar-refractivity contribution in [3.8, 4) is 0 Å². The molecule has 0 radical (unpaired) electrons. The molecule has 2 aromatic carbocycles. The van der Waals surface area contributed by atoms with Gasteiger partial charge < -0.3 is 15.3 Å². The molecule has 3 atom stereocenters. The van der Waals surface area contributed by atoms with E-state index in [1.165, 1.54) is 30.2 Å². The summed E-state index contributed by atoms with van der Waals surface area (Å²) < 4.78 is 15.7. The Morgan fingerprint density at radius 2 is 1.97 bits per heavy atom. The SMILES string of the molecule is C[C@@H](Nc1c(F)ccc2nc(N3CC([C@H]4CCCN([C@@H](C)CO)C4)C3)sc12)c1ccc(Cl)cc1Cl. The van der Waals surface area contributed by atoms with Gasteiger partial charge in [-0.2, -0.15) is 0 Å². The van der Waals surface area contributed by atoms with Crippen LogP contribution in [-0.4, -0.2) is 53.8 Å². The lowest BCUT2D eigenvalue weighted by molar-refractivity contribution is 0.0638. The Hall–Kier alpha value is -1.64. The van der Waals surface area contributed by atoms with Crippen LogP contribution in [0.5, 0.6) is 0 Å². The highest BCUT2D eigenvalue weighted by atomic mass is 35.5. The van der Waals surface area contributed by atoms with Gasteiger partial charge in [0, 0.05) is 35.7 Å². The van der Waals surface area contributed by atoms with Gasteiger partial charge in [-0.05, 0) is 74.9 Å². The number of thiazole rings is 1. The minimum Gasteiger partial charge on any atom is -0.395 e. The lowest BCUT2D eigenvalue weighted by atomic mass is 9.80. The highest BCUT2D eigenvalue weighted by molar-refractivity contribution is 7.22. The number of rotatable bonds is 7. The fourth-order valence-electron chi connectivity index (χ4n) is 5.28. The van der Waals surface area contributed by atoms with E-state index in [4.69, 9.17) is 28.2 Å².